The number of aryl methyl sites for hydroxylation is 1. The number of morpholine rings is 1. The molecule has 0 saturated carbocycles. The molecule has 1 atom stereocenters. The number of amides is 1. The first-order valence-electron chi connectivity index (χ1n) is 7.21. The molecule has 0 bridgehead atoms. The Morgan fingerprint density at radius 3 is 2.95 bits per heavy atom. The van der Waals surface area contributed by atoms with E-state index < -0.39 is 0 Å². The molecule has 0 aliphatic carbocycles. The van der Waals surface area contributed by atoms with E-state index in [9.17, 15) is 4.79 Å². The topological polar surface area (TPSA) is 72.3 Å². The molecule has 1 unspecified atom stereocenters. The molecule has 0 radical (unpaired) electrons. The summed E-state index contributed by atoms with van der Waals surface area (Å²) in [5, 5.41) is 3.01. The van der Waals surface area contributed by atoms with Crippen molar-refractivity contribution in [1.82, 2.24) is 19.4 Å². The molecule has 2 aromatic rings. The lowest BCUT2D eigenvalue weighted by molar-refractivity contribution is -0.0248. The van der Waals surface area contributed by atoms with Crippen molar-refractivity contribution in [1.29, 1.82) is 0 Å². The van der Waals surface area contributed by atoms with E-state index in [2.05, 4.69) is 15.3 Å². The van der Waals surface area contributed by atoms with Crippen LogP contribution >= 0.6 is 0 Å². The van der Waals surface area contributed by atoms with Crippen molar-refractivity contribution in [3.63, 3.8) is 0 Å². The van der Waals surface area contributed by atoms with Crippen molar-refractivity contribution in [2.75, 3.05) is 32.1 Å². The van der Waals surface area contributed by atoms with Gasteiger partial charge in [0.2, 0.25) is 0 Å². The Morgan fingerprint density at radius 1 is 1.41 bits per heavy atom. The van der Waals surface area contributed by atoms with Gasteiger partial charge in [-0.05, 0) is 12.1 Å². The molecule has 7 heteroatoms. The zero-order chi connectivity index (χ0) is 15.5. The molecule has 1 fully saturated rings. The quantitative estimate of drug-likeness (QED) is 0.918. The maximum Gasteiger partial charge on any atom is 0.270 e. The Kier molecular flexibility index (Phi) is 4.06. The highest BCUT2D eigenvalue weighted by atomic mass is 16.5. The van der Waals surface area contributed by atoms with Crippen molar-refractivity contribution < 1.29 is 9.53 Å². The van der Waals surface area contributed by atoms with Crippen LogP contribution in [0.3, 0.4) is 0 Å². The van der Waals surface area contributed by atoms with Crippen LogP contribution in [-0.4, -0.2) is 52.1 Å². The number of carbonyl (C=O) groups is 1. The van der Waals surface area contributed by atoms with Crippen molar-refractivity contribution in [2.45, 2.75) is 6.10 Å². The van der Waals surface area contributed by atoms with E-state index >= 15 is 0 Å². The number of nitrogens with zero attached hydrogens (tertiary/aromatic N) is 4. The minimum Gasteiger partial charge on any atom is -0.372 e. The first kappa shape index (κ1) is 14.5. The molecule has 1 N–H and O–H groups in total. The van der Waals surface area contributed by atoms with Gasteiger partial charge >= 0.3 is 0 Å². The highest BCUT2D eigenvalue weighted by Gasteiger charge is 2.29. The molecule has 1 amide bonds. The molecule has 1 aliphatic rings. The third-order valence-corrected chi connectivity index (χ3v) is 3.78. The molecule has 116 valence electrons. The summed E-state index contributed by atoms with van der Waals surface area (Å²) in [5.41, 5.74) is 1.41. The number of hydrogen-bond donors (Lipinski definition) is 1. The lowest BCUT2D eigenvalue weighted by Gasteiger charge is -2.33. The maximum absolute atomic E-state index is 12.6. The standard InChI is InChI=1S/C15H19N5O2/c1-16-14-13(17-5-6-18-14)12-10-20(8-9-22-12)15(21)11-4-3-7-19(11)2/h3-7,12H,8-10H2,1-2H3,(H,16,18). The van der Waals surface area contributed by atoms with E-state index in [0.717, 1.165) is 5.69 Å². The van der Waals surface area contributed by atoms with Crippen LogP contribution in [0.25, 0.3) is 0 Å². The smallest absolute Gasteiger partial charge is 0.270 e. The number of hydrogen-bond acceptors (Lipinski definition) is 5. The lowest BCUT2D eigenvalue weighted by atomic mass is 10.2. The van der Waals surface area contributed by atoms with Crippen LogP contribution in [0.1, 0.15) is 22.3 Å². The van der Waals surface area contributed by atoms with Crippen molar-refractivity contribution in [3.8, 4) is 0 Å². The van der Waals surface area contributed by atoms with Gasteiger partial charge in [0.1, 0.15) is 23.3 Å². The zero-order valence-electron chi connectivity index (χ0n) is 12.7. The predicted octanol–water partition coefficient (Wildman–Crippen LogP) is 1.07. The average Bonchev–Trinajstić information content (AvgIpc) is 3.00. The molecule has 22 heavy (non-hydrogen) atoms. The maximum atomic E-state index is 12.6. The van der Waals surface area contributed by atoms with Gasteiger partial charge in [-0.2, -0.15) is 0 Å². The van der Waals surface area contributed by atoms with Gasteiger partial charge in [-0.1, -0.05) is 0 Å². The van der Waals surface area contributed by atoms with Crippen LogP contribution in [0.2, 0.25) is 0 Å². The van der Waals surface area contributed by atoms with Crippen LogP contribution in [-0.2, 0) is 11.8 Å². The molecule has 1 aliphatic heterocycles. The number of anilines is 1. The van der Waals surface area contributed by atoms with Gasteiger partial charge in [-0.3, -0.25) is 9.78 Å². The number of carbonyl (C=O) groups excluding carboxylic acids is 1. The SMILES string of the molecule is CNc1nccnc1C1CN(C(=O)c2cccn2C)CCO1. The minimum atomic E-state index is -0.269. The molecule has 0 aromatic carbocycles. The molecule has 1 saturated heterocycles. The highest BCUT2D eigenvalue weighted by molar-refractivity contribution is 5.92. The van der Waals surface area contributed by atoms with Crippen molar-refractivity contribution >= 4 is 11.7 Å². The summed E-state index contributed by atoms with van der Waals surface area (Å²) in [4.78, 5) is 23.0. The van der Waals surface area contributed by atoms with Crippen molar-refractivity contribution in [2.24, 2.45) is 7.05 Å². The number of aromatic nitrogens is 3. The fourth-order valence-electron chi connectivity index (χ4n) is 2.62. The Balaban J connectivity index is 1.80. The van der Waals surface area contributed by atoms with Crippen molar-refractivity contribution in [3.05, 3.63) is 42.1 Å². The molecule has 3 rings (SSSR count). The second-order valence-electron chi connectivity index (χ2n) is 5.16. The van der Waals surface area contributed by atoms with E-state index in [1.165, 1.54) is 0 Å². The minimum absolute atomic E-state index is 0.00991. The largest absolute Gasteiger partial charge is 0.372 e. The van der Waals surface area contributed by atoms with Gasteiger partial charge in [0, 0.05) is 39.2 Å². The average molecular weight is 301 g/mol. The van der Waals surface area contributed by atoms with Crippen LogP contribution in [0.5, 0.6) is 0 Å². The lowest BCUT2D eigenvalue weighted by Crippen LogP contribution is -2.43. The second kappa shape index (κ2) is 6.15. The van der Waals surface area contributed by atoms with E-state index in [1.807, 2.05) is 29.9 Å². The molecule has 7 nitrogen and oxygen atoms in total. The Labute approximate surface area is 128 Å². The van der Waals surface area contributed by atoms with Gasteiger partial charge in [0.25, 0.3) is 5.91 Å². The summed E-state index contributed by atoms with van der Waals surface area (Å²) >= 11 is 0. The van der Waals surface area contributed by atoms with Crippen LogP contribution in [0.15, 0.2) is 30.7 Å². The summed E-state index contributed by atoms with van der Waals surface area (Å²) in [6, 6.07) is 3.70. The van der Waals surface area contributed by atoms with E-state index in [4.69, 9.17) is 4.74 Å². The fourth-order valence-corrected chi connectivity index (χ4v) is 2.62. The summed E-state index contributed by atoms with van der Waals surface area (Å²) in [6.07, 6.45) is 4.87. The number of rotatable bonds is 3. The van der Waals surface area contributed by atoms with Gasteiger partial charge in [-0.15, -0.1) is 0 Å². The van der Waals surface area contributed by atoms with E-state index in [-0.39, 0.29) is 12.0 Å². The van der Waals surface area contributed by atoms with Crippen LogP contribution in [0.4, 0.5) is 5.82 Å². The number of ether oxygens (including phenoxy) is 1. The number of nitrogens with one attached hydrogen (secondary N) is 1. The molecular weight excluding hydrogens is 282 g/mol. The fraction of sp³-hybridized carbons (Fsp3) is 0.400. The first-order chi connectivity index (χ1) is 10.7. The van der Waals surface area contributed by atoms with Crippen LogP contribution in [0, 0.1) is 0 Å². The monoisotopic (exact) mass is 301 g/mol. The molecular formula is C15H19N5O2. The third kappa shape index (κ3) is 2.67. The zero-order valence-corrected chi connectivity index (χ0v) is 12.7. The normalized spacial score (nSPS) is 18.3. The van der Waals surface area contributed by atoms with Gasteiger partial charge < -0.3 is 19.5 Å². The summed E-state index contributed by atoms with van der Waals surface area (Å²) in [7, 11) is 3.66. The summed E-state index contributed by atoms with van der Waals surface area (Å²) in [6.45, 7) is 1.54. The van der Waals surface area contributed by atoms with E-state index in [1.54, 1.807) is 24.3 Å². The van der Waals surface area contributed by atoms with Gasteiger partial charge in [0.05, 0.1) is 13.2 Å². The summed E-state index contributed by atoms with van der Waals surface area (Å²) in [5.74, 6) is 0.691. The molecule has 3 heterocycles. The van der Waals surface area contributed by atoms with Gasteiger partial charge in [-0.25, -0.2) is 4.98 Å². The molecule has 2 aromatic heterocycles. The Morgan fingerprint density at radius 2 is 2.23 bits per heavy atom. The highest BCUT2D eigenvalue weighted by Crippen LogP contribution is 2.25. The Bertz CT molecular complexity index is 669. The first-order valence-corrected chi connectivity index (χ1v) is 7.21. The van der Waals surface area contributed by atoms with E-state index in [0.29, 0.717) is 31.2 Å². The van der Waals surface area contributed by atoms with Crippen LogP contribution < -0.4 is 5.32 Å². The predicted molar refractivity (Wildman–Crippen MR) is 81.6 cm³/mol. The Hall–Kier alpha value is -2.41. The molecule has 0 spiro atoms. The third-order valence-electron chi connectivity index (χ3n) is 3.78. The van der Waals surface area contributed by atoms with Gasteiger partial charge in [0.15, 0.2) is 0 Å². The second-order valence-corrected chi connectivity index (χ2v) is 5.16. The summed E-state index contributed by atoms with van der Waals surface area (Å²) < 4.78 is 7.62.